The van der Waals surface area contributed by atoms with E-state index in [0.29, 0.717) is 0 Å². The number of rotatable bonds is 2. The topological polar surface area (TPSA) is 37.3 Å². The maximum atomic E-state index is 13.8. The molecule has 0 spiro atoms. The van der Waals surface area contributed by atoms with E-state index in [1.54, 1.807) is 0 Å². The summed E-state index contributed by atoms with van der Waals surface area (Å²) in [6.45, 7) is 0. The molecule has 0 bridgehead atoms. The highest BCUT2D eigenvalue weighted by molar-refractivity contribution is 5.76. The van der Waals surface area contributed by atoms with Crippen LogP contribution in [0.2, 0.25) is 0 Å². The molecule has 8 heteroatoms. The van der Waals surface area contributed by atoms with Gasteiger partial charge in [0, 0.05) is 6.42 Å². The molecule has 0 heterocycles. The van der Waals surface area contributed by atoms with Crippen LogP contribution < -0.4 is 0 Å². The largest absolute Gasteiger partial charge is 0.481 e. The monoisotopic (exact) mass is 270 g/mol. The Hall–Kier alpha value is -1.73. The number of carbonyl (C=O) groups is 1. The average Bonchev–Trinajstić information content (AvgIpc) is 2.97. The lowest BCUT2D eigenvalue weighted by atomic mass is 10.0. The highest BCUT2D eigenvalue weighted by Crippen LogP contribution is 2.57. The van der Waals surface area contributed by atoms with Gasteiger partial charge in [0.05, 0.1) is 11.5 Å². The summed E-state index contributed by atoms with van der Waals surface area (Å²) in [6.07, 6.45) is -0.833. The number of carboxylic acids is 1. The molecule has 0 saturated heterocycles. The van der Waals surface area contributed by atoms with E-state index in [2.05, 4.69) is 0 Å². The molecular formula is C10H4F6O2. The summed E-state index contributed by atoms with van der Waals surface area (Å²) in [4.78, 5) is 10.5. The minimum absolute atomic E-state index is 0.833. The minimum atomic E-state index is -3.06. The second-order valence-corrected chi connectivity index (χ2v) is 3.90. The molecule has 1 aliphatic rings. The molecule has 98 valence electrons. The average molecular weight is 270 g/mol. The lowest BCUT2D eigenvalue weighted by Gasteiger charge is -2.11. The zero-order chi connectivity index (χ0) is 13.8. The number of alkyl halides is 1. The molecule has 1 saturated carbocycles. The third-order valence-corrected chi connectivity index (χ3v) is 2.82. The number of benzene rings is 1. The van der Waals surface area contributed by atoms with Gasteiger partial charge in [0.1, 0.15) is 0 Å². The molecule has 2 rings (SSSR count). The van der Waals surface area contributed by atoms with Crippen molar-refractivity contribution in [3.8, 4) is 0 Å². The van der Waals surface area contributed by atoms with Gasteiger partial charge < -0.3 is 5.11 Å². The maximum Gasteiger partial charge on any atom is 0.310 e. The van der Waals surface area contributed by atoms with Crippen molar-refractivity contribution in [3.05, 3.63) is 34.6 Å². The lowest BCUT2D eigenvalue weighted by molar-refractivity contribution is -0.139. The van der Waals surface area contributed by atoms with Crippen molar-refractivity contribution < 1.29 is 36.2 Å². The lowest BCUT2D eigenvalue weighted by Crippen LogP contribution is -2.17. The zero-order valence-electron chi connectivity index (χ0n) is 8.41. The SMILES string of the molecule is O=C(O)[C@H]1C[C@]1(F)c1c(F)c(F)c(F)c(F)c1F. The molecule has 0 amide bonds. The molecule has 1 aromatic carbocycles. The fourth-order valence-corrected chi connectivity index (χ4v) is 1.77. The summed E-state index contributed by atoms with van der Waals surface area (Å²) in [5.41, 5.74) is -4.78. The molecule has 0 unspecified atom stereocenters. The van der Waals surface area contributed by atoms with Gasteiger partial charge in [0.2, 0.25) is 5.82 Å². The maximum absolute atomic E-state index is 13.8. The van der Waals surface area contributed by atoms with Crippen molar-refractivity contribution in [1.82, 2.24) is 0 Å². The summed E-state index contributed by atoms with van der Waals surface area (Å²) in [7, 11) is 0. The van der Waals surface area contributed by atoms with Crippen molar-refractivity contribution >= 4 is 5.97 Å². The van der Waals surface area contributed by atoms with Crippen LogP contribution in [0.15, 0.2) is 0 Å². The number of carboxylic acid groups (broad SMARTS) is 1. The summed E-state index contributed by atoms with van der Waals surface area (Å²) < 4.78 is 78.6. The molecule has 1 aliphatic carbocycles. The molecule has 1 aromatic rings. The summed E-state index contributed by atoms with van der Waals surface area (Å²) in [5, 5.41) is 8.48. The van der Waals surface area contributed by atoms with Crippen molar-refractivity contribution in [1.29, 1.82) is 0 Å². The summed E-state index contributed by atoms with van der Waals surface area (Å²) >= 11 is 0. The van der Waals surface area contributed by atoms with E-state index < -0.39 is 58.6 Å². The Kier molecular flexibility index (Phi) is 2.56. The Balaban J connectivity index is 2.64. The van der Waals surface area contributed by atoms with E-state index in [1.807, 2.05) is 0 Å². The van der Waals surface area contributed by atoms with Crippen LogP contribution in [0.3, 0.4) is 0 Å². The molecular weight excluding hydrogens is 266 g/mol. The quantitative estimate of drug-likeness (QED) is 0.509. The van der Waals surface area contributed by atoms with Gasteiger partial charge in [0.25, 0.3) is 0 Å². The Labute approximate surface area is 95.8 Å². The van der Waals surface area contributed by atoms with E-state index in [1.165, 1.54) is 0 Å². The van der Waals surface area contributed by atoms with Crippen LogP contribution in [0.1, 0.15) is 12.0 Å². The predicted molar refractivity (Wildman–Crippen MR) is 44.8 cm³/mol. The van der Waals surface area contributed by atoms with Crippen LogP contribution in [-0.2, 0) is 10.5 Å². The van der Waals surface area contributed by atoms with Crippen LogP contribution in [0.25, 0.3) is 0 Å². The third kappa shape index (κ3) is 1.48. The standard InChI is InChI=1S/C10H4F6O2/c11-4-3(10(16)1-2(10)9(17)18)5(12)7(14)8(15)6(4)13/h2H,1H2,(H,17,18)/t2-,10-/m1/s1. The molecule has 2 nitrogen and oxygen atoms in total. The second kappa shape index (κ2) is 3.63. The number of aliphatic carboxylic acids is 1. The van der Waals surface area contributed by atoms with Gasteiger partial charge >= 0.3 is 5.97 Å². The second-order valence-electron chi connectivity index (χ2n) is 3.90. The van der Waals surface area contributed by atoms with E-state index in [0.717, 1.165) is 0 Å². The van der Waals surface area contributed by atoms with Gasteiger partial charge in [-0.15, -0.1) is 0 Å². The van der Waals surface area contributed by atoms with Crippen molar-refractivity contribution in [2.45, 2.75) is 12.1 Å². The van der Waals surface area contributed by atoms with Gasteiger partial charge in [-0.2, -0.15) is 0 Å². The van der Waals surface area contributed by atoms with Crippen molar-refractivity contribution in [3.63, 3.8) is 0 Å². The van der Waals surface area contributed by atoms with Gasteiger partial charge in [-0.1, -0.05) is 0 Å². The van der Waals surface area contributed by atoms with Crippen LogP contribution in [0.4, 0.5) is 26.3 Å². The summed E-state index contributed by atoms with van der Waals surface area (Å²) in [5.74, 6) is -15.2. The molecule has 1 N–H and O–H groups in total. The third-order valence-electron chi connectivity index (χ3n) is 2.82. The number of halogens is 6. The molecule has 1 fully saturated rings. The van der Waals surface area contributed by atoms with Gasteiger partial charge in [-0.25, -0.2) is 26.3 Å². The fourth-order valence-electron chi connectivity index (χ4n) is 1.77. The Bertz CT molecular complexity index is 529. The summed E-state index contributed by atoms with van der Waals surface area (Å²) in [6, 6.07) is 0. The smallest absolute Gasteiger partial charge is 0.310 e. The highest BCUT2D eigenvalue weighted by atomic mass is 19.2. The first kappa shape index (κ1) is 12.7. The highest BCUT2D eigenvalue weighted by Gasteiger charge is 2.64. The van der Waals surface area contributed by atoms with E-state index in [-0.39, 0.29) is 0 Å². The van der Waals surface area contributed by atoms with E-state index in [4.69, 9.17) is 5.11 Å². The first-order valence-electron chi connectivity index (χ1n) is 4.65. The zero-order valence-corrected chi connectivity index (χ0v) is 8.41. The van der Waals surface area contributed by atoms with Gasteiger partial charge in [-0.05, 0) is 0 Å². The van der Waals surface area contributed by atoms with E-state index >= 15 is 0 Å². The minimum Gasteiger partial charge on any atom is -0.481 e. The molecule has 0 aliphatic heterocycles. The molecule has 2 atom stereocenters. The predicted octanol–water partition coefficient (Wildman–Crippen LogP) is 2.65. The molecule has 0 radical (unpaired) electrons. The number of hydrogen-bond acceptors (Lipinski definition) is 1. The first-order chi connectivity index (χ1) is 8.21. The van der Waals surface area contributed by atoms with Crippen molar-refractivity contribution in [2.75, 3.05) is 0 Å². The van der Waals surface area contributed by atoms with Crippen LogP contribution in [-0.4, -0.2) is 11.1 Å². The Morgan fingerprint density at radius 1 is 1.00 bits per heavy atom. The Morgan fingerprint density at radius 2 is 1.39 bits per heavy atom. The van der Waals surface area contributed by atoms with Gasteiger partial charge in [0.15, 0.2) is 28.9 Å². The fraction of sp³-hybridized carbons (Fsp3) is 0.300. The number of hydrogen-bond donors (Lipinski definition) is 1. The van der Waals surface area contributed by atoms with Crippen molar-refractivity contribution in [2.24, 2.45) is 5.92 Å². The normalized spacial score (nSPS) is 26.2. The Morgan fingerprint density at radius 3 is 1.72 bits per heavy atom. The molecule has 0 aromatic heterocycles. The van der Waals surface area contributed by atoms with Crippen LogP contribution in [0, 0.1) is 35.0 Å². The van der Waals surface area contributed by atoms with E-state index in [9.17, 15) is 31.1 Å². The van der Waals surface area contributed by atoms with Crippen LogP contribution >= 0.6 is 0 Å². The van der Waals surface area contributed by atoms with Crippen LogP contribution in [0.5, 0.6) is 0 Å². The first-order valence-corrected chi connectivity index (χ1v) is 4.65. The molecule has 18 heavy (non-hydrogen) atoms. The van der Waals surface area contributed by atoms with Gasteiger partial charge in [-0.3, -0.25) is 4.79 Å².